The van der Waals surface area contributed by atoms with Crippen molar-refractivity contribution in [3.8, 4) is 0 Å². The van der Waals surface area contributed by atoms with E-state index < -0.39 is 0 Å². The Morgan fingerprint density at radius 3 is 2.33 bits per heavy atom. The second-order valence-electron chi connectivity index (χ2n) is 5.54. The highest BCUT2D eigenvalue weighted by molar-refractivity contribution is 6.31. The van der Waals surface area contributed by atoms with Crippen LogP contribution in [0.15, 0.2) is 48.5 Å². The summed E-state index contributed by atoms with van der Waals surface area (Å²) in [6, 6.07) is 16.7. The molecule has 0 radical (unpaired) electrons. The van der Waals surface area contributed by atoms with E-state index in [0.717, 1.165) is 22.8 Å². The van der Waals surface area contributed by atoms with E-state index in [1.54, 1.807) is 0 Å². The van der Waals surface area contributed by atoms with Gasteiger partial charge in [0.05, 0.1) is 0 Å². The maximum absolute atomic E-state index is 6.17. The molecule has 2 nitrogen and oxygen atoms in total. The number of nitrogens with one attached hydrogen (secondary N) is 1. The lowest BCUT2D eigenvalue weighted by atomic mass is 10.1. The number of piperidine rings is 1. The smallest absolute Gasteiger partial charge is 0.0455 e. The quantitative estimate of drug-likeness (QED) is 0.860. The first kappa shape index (κ1) is 14.3. The van der Waals surface area contributed by atoms with Crippen molar-refractivity contribution in [1.29, 1.82) is 0 Å². The van der Waals surface area contributed by atoms with Crippen molar-refractivity contribution >= 4 is 23.0 Å². The summed E-state index contributed by atoms with van der Waals surface area (Å²) < 4.78 is 0. The molecule has 0 saturated carbocycles. The molecule has 1 heterocycles. The first-order valence-corrected chi connectivity index (χ1v) is 8.03. The van der Waals surface area contributed by atoms with E-state index in [2.05, 4.69) is 40.5 Å². The number of hydrogen-bond acceptors (Lipinski definition) is 2. The third-order valence-corrected chi connectivity index (χ3v) is 4.40. The van der Waals surface area contributed by atoms with Crippen molar-refractivity contribution in [2.45, 2.75) is 25.8 Å². The van der Waals surface area contributed by atoms with Gasteiger partial charge in [0, 0.05) is 36.0 Å². The van der Waals surface area contributed by atoms with Gasteiger partial charge in [-0.15, -0.1) is 0 Å². The minimum atomic E-state index is 0.753. The van der Waals surface area contributed by atoms with Crippen LogP contribution in [0.5, 0.6) is 0 Å². The van der Waals surface area contributed by atoms with Crippen LogP contribution in [0, 0.1) is 0 Å². The van der Waals surface area contributed by atoms with Gasteiger partial charge in [0.15, 0.2) is 0 Å². The predicted octanol–water partition coefficient (Wildman–Crippen LogP) is 4.94. The molecule has 1 fully saturated rings. The highest BCUT2D eigenvalue weighted by Gasteiger charge is 2.10. The van der Waals surface area contributed by atoms with Crippen molar-refractivity contribution in [2.24, 2.45) is 0 Å². The Hall–Kier alpha value is -1.67. The van der Waals surface area contributed by atoms with Gasteiger partial charge >= 0.3 is 0 Å². The summed E-state index contributed by atoms with van der Waals surface area (Å²) in [5.41, 5.74) is 3.59. The zero-order valence-electron chi connectivity index (χ0n) is 12.2. The van der Waals surface area contributed by atoms with E-state index in [-0.39, 0.29) is 0 Å². The van der Waals surface area contributed by atoms with E-state index in [1.165, 1.54) is 38.0 Å². The molecule has 0 atom stereocenters. The maximum Gasteiger partial charge on any atom is 0.0455 e. The lowest BCUT2D eigenvalue weighted by Gasteiger charge is -2.28. The van der Waals surface area contributed by atoms with Crippen LogP contribution in [0.3, 0.4) is 0 Å². The molecule has 0 amide bonds. The number of benzene rings is 2. The lowest BCUT2D eigenvalue weighted by molar-refractivity contribution is 0.578. The van der Waals surface area contributed by atoms with E-state index in [1.807, 2.05) is 18.2 Å². The highest BCUT2D eigenvalue weighted by atomic mass is 35.5. The molecule has 0 spiro atoms. The normalized spacial score (nSPS) is 15.0. The topological polar surface area (TPSA) is 15.3 Å². The molecule has 0 aromatic heterocycles. The zero-order valence-corrected chi connectivity index (χ0v) is 12.9. The molecule has 2 aromatic rings. The Labute approximate surface area is 131 Å². The largest absolute Gasteiger partial charge is 0.381 e. The first-order valence-electron chi connectivity index (χ1n) is 7.65. The van der Waals surface area contributed by atoms with Gasteiger partial charge in [0.2, 0.25) is 0 Å². The molecule has 0 unspecified atom stereocenters. The van der Waals surface area contributed by atoms with Crippen LogP contribution in [0.25, 0.3) is 0 Å². The molecule has 21 heavy (non-hydrogen) atoms. The molecule has 1 aliphatic rings. The number of anilines is 2. The molecular formula is C18H21ClN2. The number of hydrogen-bond donors (Lipinski definition) is 1. The SMILES string of the molecule is Clc1ccccc1CNc1ccc(N2CCCCC2)cc1. The standard InChI is InChI=1S/C18H21ClN2/c19-18-7-3-2-6-15(18)14-20-16-8-10-17(11-9-16)21-12-4-1-5-13-21/h2-3,6-11,20H,1,4-5,12-14H2. The minimum absolute atomic E-state index is 0.753. The monoisotopic (exact) mass is 300 g/mol. The Bertz CT molecular complexity index is 574. The second kappa shape index (κ2) is 6.86. The van der Waals surface area contributed by atoms with Crippen molar-refractivity contribution in [3.63, 3.8) is 0 Å². The number of halogens is 1. The Morgan fingerprint density at radius 1 is 0.905 bits per heavy atom. The van der Waals surface area contributed by atoms with Gasteiger partial charge < -0.3 is 10.2 Å². The summed E-state index contributed by atoms with van der Waals surface area (Å²) in [4.78, 5) is 2.47. The molecule has 110 valence electrons. The molecule has 2 aromatic carbocycles. The molecule has 3 rings (SSSR count). The van der Waals surface area contributed by atoms with Gasteiger partial charge in [-0.2, -0.15) is 0 Å². The molecule has 1 aliphatic heterocycles. The van der Waals surface area contributed by atoms with Crippen molar-refractivity contribution in [1.82, 2.24) is 0 Å². The van der Waals surface area contributed by atoms with Crippen molar-refractivity contribution in [3.05, 3.63) is 59.1 Å². The van der Waals surface area contributed by atoms with Crippen LogP contribution in [0.4, 0.5) is 11.4 Å². The summed E-state index contributed by atoms with van der Waals surface area (Å²) in [6.45, 7) is 3.13. The van der Waals surface area contributed by atoms with Crippen LogP contribution in [0.1, 0.15) is 24.8 Å². The van der Waals surface area contributed by atoms with Crippen molar-refractivity contribution in [2.75, 3.05) is 23.3 Å². The zero-order chi connectivity index (χ0) is 14.5. The molecular weight excluding hydrogens is 280 g/mol. The average molecular weight is 301 g/mol. The van der Waals surface area contributed by atoms with Gasteiger partial charge in [0.25, 0.3) is 0 Å². The Kier molecular flexibility index (Phi) is 4.66. The third-order valence-electron chi connectivity index (χ3n) is 4.03. The van der Waals surface area contributed by atoms with Gasteiger partial charge in [-0.05, 0) is 55.2 Å². The van der Waals surface area contributed by atoms with Crippen LogP contribution in [0.2, 0.25) is 5.02 Å². The van der Waals surface area contributed by atoms with E-state index in [4.69, 9.17) is 11.6 Å². The lowest BCUT2D eigenvalue weighted by Crippen LogP contribution is -2.29. The highest BCUT2D eigenvalue weighted by Crippen LogP contribution is 2.22. The summed E-state index contributed by atoms with van der Waals surface area (Å²) in [6.07, 6.45) is 3.99. The van der Waals surface area contributed by atoms with Crippen LogP contribution >= 0.6 is 11.6 Å². The predicted molar refractivity (Wildman–Crippen MR) is 91.3 cm³/mol. The summed E-state index contributed by atoms with van der Waals surface area (Å²) in [5, 5.41) is 4.24. The Balaban J connectivity index is 1.60. The number of rotatable bonds is 4. The fraction of sp³-hybridized carbons (Fsp3) is 0.333. The molecule has 1 N–H and O–H groups in total. The fourth-order valence-corrected chi connectivity index (χ4v) is 2.98. The van der Waals surface area contributed by atoms with Gasteiger partial charge in [-0.3, -0.25) is 0 Å². The molecule has 0 aliphatic carbocycles. The average Bonchev–Trinajstić information content (AvgIpc) is 2.55. The molecule has 1 saturated heterocycles. The van der Waals surface area contributed by atoms with Gasteiger partial charge in [-0.1, -0.05) is 29.8 Å². The molecule has 3 heteroatoms. The van der Waals surface area contributed by atoms with Crippen LogP contribution in [-0.2, 0) is 6.54 Å². The summed E-state index contributed by atoms with van der Waals surface area (Å²) in [5.74, 6) is 0. The third kappa shape index (κ3) is 3.70. The number of nitrogens with zero attached hydrogens (tertiary/aromatic N) is 1. The minimum Gasteiger partial charge on any atom is -0.381 e. The first-order chi connectivity index (χ1) is 10.3. The molecule has 0 bridgehead atoms. The van der Waals surface area contributed by atoms with Crippen LogP contribution in [-0.4, -0.2) is 13.1 Å². The fourth-order valence-electron chi connectivity index (χ4n) is 2.78. The summed E-state index contributed by atoms with van der Waals surface area (Å²) >= 11 is 6.17. The van der Waals surface area contributed by atoms with Gasteiger partial charge in [0.1, 0.15) is 0 Å². The van der Waals surface area contributed by atoms with E-state index in [9.17, 15) is 0 Å². The maximum atomic E-state index is 6.17. The van der Waals surface area contributed by atoms with Crippen LogP contribution < -0.4 is 10.2 Å². The van der Waals surface area contributed by atoms with Crippen molar-refractivity contribution < 1.29 is 0 Å². The van der Waals surface area contributed by atoms with E-state index >= 15 is 0 Å². The van der Waals surface area contributed by atoms with Gasteiger partial charge in [-0.25, -0.2) is 0 Å². The second-order valence-corrected chi connectivity index (χ2v) is 5.95. The summed E-state index contributed by atoms with van der Waals surface area (Å²) in [7, 11) is 0. The van der Waals surface area contributed by atoms with E-state index in [0.29, 0.717) is 0 Å². The Morgan fingerprint density at radius 2 is 1.62 bits per heavy atom.